The number of methoxy groups -OCH3 is 1. The molecule has 0 fully saturated rings. The van der Waals surface area contributed by atoms with Crippen molar-refractivity contribution < 1.29 is 9.53 Å². The van der Waals surface area contributed by atoms with Crippen LogP contribution >= 0.6 is 23.1 Å². The van der Waals surface area contributed by atoms with Gasteiger partial charge in [-0.05, 0) is 54.4 Å². The summed E-state index contributed by atoms with van der Waals surface area (Å²) in [5.41, 5.74) is 4.98. The fraction of sp³-hybridized carbons (Fsp3) is 0.161. The van der Waals surface area contributed by atoms with E-state index in [4.69, 9.17) is 9.72 Å². The monoisotopic (exact) mass is 609 g/mol. The molecule has 216 valence electrons. The van der Waals surface area contributed by atoms with E-state index in [1.807, 2.05) is 85.1 Å². The van der Waals surface area contributed by atoms with Gasteiger partial charge in [-0.15, -0.1) is 16.4 Å². The van der Waals surface area contributed by atoms with Crippen LogP contribution in [0, 0.1) is 6.92 Å². The molecule has 3 heterocycles. The lowest BCUT2D eigenvalue weighted by Crippen LogP contribution is -2.24. The van der Waals surface area contributed by atoms with Gasteiger partial charge in [0.25, 0.3) is 5.56 Å². The first-order chi connectivity index (χ1) is 20.9. The summed E-state index contributed by atoms with van der Waals surface area (Å²) in [6.07, 6.45) is 1.72. The van der Waals surface area contributed by atoms with Gasteiger partial charge in [0.2, 0.25) is 5.91 Å². The predicted octanol–water partition coefficient (Wildman–Crippen LogP) is 5.41. The smallest absolute Gasteiger partial charge is 0.262 e. The second kappa shape index (κ2) is 12.6. The van der Waals surface area contributed by atoms with Gasteiger partial charge in [-0.3, -0.25) is 14.2 Å². The molecule has 1 N–H and O–H groups in total. The lowest BCUT2D eigenvalue weighted by Gasteiger charge is -2.13. The summed E-state index contributed by atoms with van der Waals surface area (Å²) in [5, 5.41) is 14.8. The third-order valence-electron chi connectivity index (χ3n) is 6.64. The molecule has 3 aromatic heterocycles. The summed E-state index contributed by atoms with van der Waals surface area (Å²) in [4.78, 5) is 35.5. The lowest BCUT2D eigenvalue weighted by atomic mass is 10.1. The van der Waals surface area contributed by atoms with Gasteiger partial charge in [0.05, 0.1) is 35.9 Å². The van der Waals surface area contributed by atoms with Gasteiger partial charge in [0.15, 0.2) is 10.3 Å². The fourth-order valence-electron chi connectivity index (χ4n) is 4.48. The van der Waals surface area contributed by atoms with Gasteiger partial charge in [0.1, 0.15) is 12.3 Å². The Balaban J connectivity index is 1.13. The largest absolute Gasteiger partial charge is 0.497 e. The Bertz CT molecular complexity index is 1950. The van der Waals surface area contributed by atoms with E-state index >= 15 is 0 Å². The van der Waals surface area contributed by atoms with Crippen molar-refractivity contribution in [2.75, 3.05) is 12.4 Å². The molecule has 10 nitrogen and oxygen atoms in total. The normalized spacial score (nSPS) is 11.1. The van der Waals surface area contributed by atoms with Crippen LogP contribution in [0.15, 0.2) is 94.3 Å². The molecule has 0 saturated heterocycles. The number of aromatic nitrogens is 6. The number of aryl methyl sites for hydroxylation is 1. The third kappa shape index (κ3) is 6.65. The third-order valence-corrected chi connectivity index (χ3v) is 8.40. The van der Waals surface area contributed by atoms with Crippen LogP contribution < -0.4 is 15.6 Å². The predicted molar refractivity (Wildman–Crippen MR) is 169 cm³/mol. The lowest BCUT2D eigenvalue weighted by molar-refractivity contribution is -0.116. The second-order valence-corrected chi connectivity index (χ2v) is 11.6. The molecule has 0 atom stereocenters. The summed E-state index contributed by atoms with van der Waals surface area (Å²) < 4.78 is 8.39. The maximum absolute atomic E-state index is 13.5. The first kappa shape index (κ1) is 28.3. The van der Waals surface area contributed by atoms with Crippen molar-refractivity contribution in [2.24, 2.45) is 0 Å². The van der Waals surface area contributed by atoms with Crippen LogP contribution in [-0.4, -0.2) is 42.5 Å². The zero-order chi connectivity index (χ0) is 29.8. The van der Waals surface area contributed by atoms with Gasteiger partial charge in [-0.1, -0.05) is 53.4 Å². The quantitative estimate of drug-likeness (QED) is 0.162. The molecule has 0 unspecified atom stereocenters. The minimum atomic E-state index is -0.261. The number of carbonyl (C=O) groups is 1. The van der Waals surface area contributed by atoms with Gasteiger partial charge in [-0.2, -0.15) is 0 Å². The molecule has 43 heavy (non-hydrogen) atoms. The molecular formula is C31H27N7O3S2. The van der Waals surface area contributed by atoms with Gasteiger partial charge in [0, 0.05) is 22.9 Å². The molecule has 1 amide bonds. The first-order valence-corrected chi connectivity index (χ1v) is 15.3. The van der Waals surface area contributed by atoms with Gasteiger partial charge in [-0.25, -0.2) is 14.6 Å². The molecule has 0 saturated carbocycles. The zero-order valence-corrected chi connectivity index (χ0v) is 25.1. The van der Waals surface area contributed by atoms with Crippen molar-refractivity contribution in [3.05, 3.63) is 112 Å². The topological polar surface area (TPSA) is 117 Å². The molecule has 0 bridgehead atoms. The molecule has 3 aromatic carbocycles. The Morgan fingerprint density at radius 3 is 2.65 bits per heavy atom. The average Bonchev–Trinajstić information content (AvgIpc) is 3.67. The second-order valence-electron chi connectivity index (χ2n) is 9.80. The van der Waals surface area contributed by atoms with Crippen molar-refractivity contribution in [3.8, 4) is 17.0 Å². The number of thioether (sulfide) groups is 1. The van der Waals surface area contributed by atoms with Crippen molar-refractivity contribution in [1.29, 1.82) is 0 Å². The molecule has 6 aromatic rings. The Hall–Kier alpha value is -4.81. The minimum absolute atomic E-state index is 0.0126. The van der Waals surface area contributed by atoms with Crippen molar-refractivity contribution in [1.82, 2.24) is 29.5 Å². The van der Waals surface area contributed by atoms with Crippen LogP contribution in [0.3, 0.4) is 0 Å². The Morgan fingerprint density at radius 1 is 1.05 bits per heavy atom. The van der Waals surface area contributed by atoms with E-state index < -0.39 is 0 Å². The number of amides is 1. The van der Waals surface area contributed by atoms with E-state index in [9.17, 15) is 9.59 Å². The number of anilines is 1. The van der Waals surface area contributed by atoms with E-state index in [0.29, 0.717) is 39.2 Å². The number of thiazole rings is 1. The number of benzene rings is 3. The molecular weight excluding hydrogens is 583 g/mol. The molecule has 0 spiro atoms. The number of carbonyl (C=O) groups excluding carboxylic acids is 1. The van der Waals surface area contributed by atoms with Crippen LogP contribution in [-0.2, 0) is 23.6 Å². The van der Waals surface area contributed by atoms with Crippen molar-refractivity contribution in [2.45, 2.75) is 30.9 Å². The van der Waals surface area contributed by atoms with Crippen LogP contribution in [0.4, 0.5) is 5.13 Å². The average molecular weight is 610 g/mol. The standard InChI is InChI=1S/C31H27N7O3S2/c1-20-8-13-25-26(14-20)33-31(38(29(25)40)15-21-6-4-3-5-7-21)43-18-23-16-37(36-35-23)17-28(39)34-30-32-27(19-42-30)22-9-11-24(41-2)12-10-22/h3-14,16,19H,15,17-18H2,1-2H3,(H,32,34,39). The minimum Gasteiger partial charge on any atom is -0.497 e. The van der Waals surface area contributed by atoms with E-state index in [2.05, 4.69) is 20.6 Å². The molecule has 0 radical (unpaired) electrons. The fourth-order valence-corrected chi connectivity index (χ4v) is 6.09. The maximum Gasteiger partial charge on any atom is 0.262 e. The molecule has 0 aliphatic carbocycles. The highest BCUT2D eigenvalue weighted by Crippen LogP contribution is 2.27. The highest BCUT2D eigenvalue weighted by molar-refractivity contribution is 7.98. The molecule has 6 rings (SSSR count). The summed E-state index contributed by atoms with van der Waals surface area (Å²) in [6, 6.07) is 23.1. The summed E-state index contributed by atoms with van der Waals surface area (Å²) >= 11 is 2.76. The van der Waals surface area contributed by atoms with E-state index in [-0.39, 0.29) is 18.0 Å². The summed E-state index contributed by atoms with van der Waals surface area (Å²) in [6.45, 7) is 2.37. The highest BCUT2D eigenvalue weighted by Gasteiger charge is 2.15. The molecule has 0 aliphatic rings. The molecule has 12 heteroatoms. The van der Waals surface area contributed by atoms with Crippen LogP contribution in [0.5, 0.6) is 5.75 Å². The number of ether oxygens (including phenoxy) is 1. The number of nitrogens with zero attached hydrogens (tertiary/aromatic N) is 6. The van der Waals surface area contributed by atoms with Crippen LogP contribution in [0.1, 0.15) is 16.8 Å². The zero-order valence-electron chi connectivity index (χ0n) is 23.4. The SMILES string of the molecule is COc1ccc(-c2csc(NC(=O)Cn3cc(CSc4nc5cc(C)ccc5c(=O)n4Cc4ccccc4)nn3)n2)cc1. The van der Waals surface area contributed by atoms with Crippen molar-refractivity contribution >= 4 is 45.0 Å². The Labute approximate surface area is 255 Å². The number of rotatable bonds is 10. The number of nitrogens with one attached hydrogen (secondary N) is 1. The van der Waals surface area contributed by atoms with Crippen LogP contribution in [0.2, 0.25) is 0 Å². The Kier molecular flexibility index (Phi) is 8.29. The van der Waals surface area contributed by atoms with Gasteiger partial charge >= 0.3 is 0 Å². The summed E-state index contributed by atoms with van der Waals surface area (Å²) in [7, 11) is 1.62. The number of fused-ring (bicyclic) bond motifs is 1. The van der Waals surface area contributed by atoms with Crippen LogP contribution in [0.25, 0.3) is 22.2 Å². The number of hydrogen-bond acceptors (Lipinski definition) is 9. The maximum atomic E-state index is 13.5. The first-order valence-electron chi connectivity index (χ1n) is 13.4. The van der Waals surface area contributed by atoms with E-state index in [0.717, 1.165) is 28.1 Å². The summed E-state index contributed by atoms with van der Waals surface area (Å²) in [5.74, 6) is 0.934. The van der Waals surface area contributed by atoms with Crippen molar-refractivity contribution in [3.63, 3.8) is 0 Å². The Morgan fingerprint density at radius 2 is 1.86 bits per heavy atom. The highest BCUT2D eigenvalue weighted by atomic mass is 32.2. The van der Waals surface area contributed by atoms with E-state index in [1.54, 1.807) is 17.9 Å². The molecule has 0 aliphatic heterocycles. The van der Waals surface area contributed by atoms with Gasteiger partial charge < -0.3 is 10.1 Å². The van der Waals surface area contributed by atoms with E-state index in [1.165, 1.54) is 27.8 Å². The number of hydrogen-bond donors (Lipinski definition) is 1.